The molecule has 0 aliphatic carbocycles. The first-order chi connectivity index (χ1) is 9.58. The van der Waals surface area contributed by atoms with Crippen LogP contribution in [0.25, 0.3) is 0 Å². The second-order valence-electron chi connectivity index (χ2n) is 4.44. The normalized spacial score (nSPS) is 10.7. The average molecular weight is 269 g/mol. The predicted molar refractivity (Wildman–Crippen MR) is 78.3 cm³/mol. The van der Waals surface area contributed by atoms with Crippen LogP contribution in [0, 0.1) is 0 Å². The third kappa shape index (κ3) is 3.20. The number of nitrogens with zero attached hydrogens (tertiary/aromatic N) is 3. The fraction of sp³-hybridized carbons (Fsp3) is 0.133. The Hall–Kier alpha value is -2.69. The summed E-state index contributed by atoms with van der Waals surface area (Å²) < 4.78 is 0. The Bertz CT molecular complexity index is 651. The van der Waals surface area contributed by atoms with E-state index in [0.29, 0.717) is 5.69 Å². The summed E-state index contributed by atoms with van der Waals surface area (Å²) in [4.78, 5) is 12.8. The molecule has 0 bridgehead atoms. The smallest absolute Gasteiger partial charge is 0.335 e. The van der Waals surface area contributed by atoms with Crippen LogP contribution in [0.15, 0.2) is 58.8 Å². The van der Waals surface area contributed by atoms with Gasteiger partial charge in [0.15, 0.2) is 0 Å². The van der Waals surface area contributed by atoms with Crippen LogP contribution < -0.4 is 4.90 Å². The molecule has 0 fully saturated rings. The lowest BCUT2D eigenvalue weighted by molar-refractivity contribution is 0.0697. The van der Waals surface area contributed by atoms with Crippen molar-refractivity contribution in [3.8, 4) is 0 Å². The number of carbonyl (C=O) groups is 1. The van der Waals surface area contributed by atoms with Crippen LogP contribution in [-0.2, 0) is 0 Å². The van der Waals surface area contributed by atoms with Crippen molar-refractivity contribution in [2.24, 2.45) is 10.2 Å². The lowest BCUT2D eigenvalue weighted by Gasteiger charge is -2.13. The lowest BCUT2D eigenvalue weighted by Crippen LogP contribution is -2.08. The van der Waals surface area contributed by atoms with Crippen LogP contribution in [0.5, 0.6) is 0 Å². The van der Waals surface area contributed by atoms with Crippen molar-refractivity contribution in [1.29, 1.82) is 0 Å². The number of carboxylic acid groups (broad SMARTS) is 1. The second-order valence-corrected chi connectivity index (χ2v) is 4.44. The molecule has 2 aromatic rings. The zero-order valence-electron chi connectivity index (χ0n) is 11.3. The Morgan fingerprint density at radius 1 is 1.05 bits per heavy atom. The van der Waals surface area contributed by atoms with E-state index in [9.17, 15) is 4.79 Å². The minimum absolute atomic E-state index is 0.197. The monoisotopic (exact) mass is 269 g/mol. The van der Waals surface area contributed by atoms with Crippen molar-refractivity contribution in [1.82, 2.24) is 0 Å². The maximum Gasteiger partial charge on any atom is 0.335 e. The molecule has 2 rings (SSSR count). The van der Waals surface area contributed by atoms with Crippen molar-refractivity contribution in [3.63, 3.8) is 0 Å². The quantitative estimate of drug-likeness (QED) is 0.857. The molecular formula is C15H15N3O2. The molecule has 0 heterocycles. The SMILES string of the molecule is CN(C)c1ccccc1N=Nc1cccc(C(=O)O)c1. The summed E-state index contributed by atoms with van der Waals surface area (Å²) in [6, 6.07) is 14.0. The number of hydrogen-bond acceptors (Lipinski definition) is 4. The van der Waals surface area contributed by atoms with E-state index in [1.807, 2.05) is 43.3 Å². The van der Waals surface area contributed by atoms with Gasteiger partial charge in [0, 0.05) is 14.1 Å². The molecule has 1 N–H and O–H groups in total. The molecule has 2 aromatic carbocycles. The number of azo groups is 1. The standard InChI is InChI=1S/C15H15N3O2/c1-18(2)14-9-4-3-8-13(14)17-16-12-7-5-6-11(10-12)15(19)20/h3-10H,1-2H3,(H,19,20). The molecule has 0 radical (unpaired) electrons. The predicted octanol–water partition coefficient (Wildman–Crippen LogP) is 3.87. The summed E-state index contributed by atoms with van der Waals surface area (Å²) in [6.07, 6.45) is 0. The summed E-state index contributed by atoms with van der Waals surface area (Å²) in [5.41, 5.74) is 2.39. The van der Waals surface area contributed by atoms with Gasteiger partial charge in [-0.25, -0.2) is 4.79 Å². The molecule has 5 heteroatoms. The zero-order chi connectivity index (χ0) is 14.5. The van der Waals surface area contributed by atoms with Gasteiger partial charge in [-0.3, -0.25) is 0 Å². The molecule has 0 saturated heterocycles. The molecule has 0 aromatic heterocycles. The summed E-state index contributed by atoms with van der Waals surface area (Å²) in [5.74, 6) is -0.976. The van der Waals surface area contributed by atoms with Crippen molar-refractivity contribution in [2.45, 2.75) is 0 Å². The first-order valence-electron chi connectivity index (χ1n) is 6.09. The Balaban J connectivity index is 2.30. The van der Waals surface area contributed by atoms with Crippen LogP contribution in [-0.4, -0.2) is 25.2 Å². The van der Waals surface area contributed by atoms with E-state index in [1.165, 1.54) is 12.1 Å². The number of aromatic carboxylic acids is 1. The molecule has 0 saturated carbocycles. The number of hydrogen-bond donors (Lipinski definition) is 1. The highest BCUT2D eigenvalue weighted by Gasteiger charge is 2.04. The van der Waals surface area contributed by atoms with Gasteiger partial charge in [0.25, 0.3) is 0 Å². The van der Waals surface area contributed by atoms with Crippen LogP contribution in [0.4, 0.5) is 17.1 Å². The Kier molecular flexibility index (Phi) is 4.10. The number of anilines is 1. The highest BCUT2D eigenvalue weighted by atomic mass is 16.4. The topological polar surface area (TPSA) is 65.3 Å². The average Bonchev–Trinajstić information content (AvgIpc) is 2.45. The Morgan fingerprint density at radius 3 is 2.50 bits per heavy atom. The highest BCUT2D eigenvalue weighted by Crippen LogP contribution is 2.28. The van der Waals surface area contributed by atoms with Gasteiger partial charge in [0.05, 0.1) is 16.9 Å². The summed E-state index contributed by atoms with van der Waals surface area (Å²) in [6.45, 7) is 0. The van der Waals surface area contributed by atoms with Crippen LogP contribution in [0.1, 0.15) is 10.4 Å². The van der Waals surface area contributed by atoms with Crippen LogP contribution in [0.2, 0.25) is 0 Å². The molecular weight excluding hydrogens is 254 g/mol. The summed E-state index contributed by atoms with van der Waals surface area (Å²) >= 11 is 0. The summed E-state index contributed by atoms with van der Waals surface area (Å²) in [5, 5.41) is 17.2. The fourth-order valence-corrected chi connectivity index (χ4v) is 1.74. The molecule has 20 heavy (non-hydrogen) atoms. The third-order valence-electron chi connectivity index (χ3n) is 2.73. The van der Waals surface area contributed by atoms with E-state index in [-0.39, 0.29) is 5.56 Å². The minimum atomic E-state index is -0.976. The van der Waals surface area contributed by atoms with Crippen LogP contribution in [0.3, 0.4) is 0 Å². The van der Waals surface area contributed by atoms with Gasteiger partial charge in [-0.1, -0.05) is 18.2 Å². The van der Waals surface area contributed by atoms with E-state index in [1.54, 1.807) is 12.1 Å². The largest absolute Gasteiger partial charge is 0.478 e. The number of para-hydroxylation sites is 1. The molecule has 0 aliphatic rings. The van der Waals surface area contributed by atoms with E-state index in [2.05, 4.69) is 10.2 Å². The Labute approximate surface area is 117 Å². The molecule has 0 aliphatic heterocycles. The highest BCUT2D eigenvalue weighted by molar-refractivity contribution is 5.88. The number of carboxylic acids is 1. The van der Waals surface area contributed by atoms with Crippen molar-refractivity contribution in [2.75, 3.05) is 19.0 Å². The van der Waals surface area contributed by atoms with Gasteiger partial charge in [-0.2, -0.15) is 5.11 Å². The lowest BCUT2D eigenvalue weighted by atomic mass is 10.2. The number of benzene rings is 2. The van der Waals surface area contributed by atoms with Crippen molar-refractivity contribution in [3.05, 3.63) is 54.1 Å². The van der Waals surface area contributed by atoms with Gasteiger partial charge < -0.3 is 10.0 Å². The zero-order valence-corrected chi connectivity index (χ0v) is 11.3. The minimum Gasteiger partial charge on any atom is -0.478 e. The maximum atomic E-state index is 10.9. The molecule has 0 unspecified atom stereocenters. The van der Waals surface area contributed by atoms with Crippen molar-refractivity contribution < 1.29 is 9.90 Å². The Morgan fingerprint density at radius 2 is 1.80 bits per heavy atom. The molecule has 0 amide bonds. The summed E-state index contributed by atoms with van der Waals surface area (Å²) in [7, 11) is 3.86. The molecule has 0 spiro atoms. The van der Waals surface area contributed by atoms with E-state index >= 15 is 0 Å². The van der Waals surface area contributed by atoms with Gasteiger partial charge in [0.2, 0.25) is 0 Å². The van der Waals surface area contributed by atoms with E-state index < -0.39 is 5.97 Å². The fourth-order valence-electron chi connectivity index (χ4n) is 1.74. The van der Waals surface area contributed by atoms with Gasteiger partial charge in [0.1, 0.15) is 5.69 Å². The number of rotatable bonds is 4. The van der Waals surface area contributed by atoms with E-state index in [0.717, 1.165) is 11.4 Å². The first-order valence-corrected chi connectivity index (χ1v) is 6.09. The molecule has 102 valence electrons. The van der Waals surface area contributed by atoms with Gasteiger partial charge >= 0.3 is 5.97 Å². The van der Waals surface area contributed by atoms with Gasteiger partial charge in [-0.15, -0.1) is 5.11 Å². The first kappa shape index (κ1) is 13.7. The third-order valence-corrected chi connectivity index (χ3v) is 2.73. The maximum absolute atomic E-state index is 10.9. The van der Waals surface area contributed by atoms with Crippen LogP contribution >= 0.6 is 0 Å². The molecule has 0 atom stereocenters. The second kappa shape index (κ2) is 5.97. The van der Waals surface area contributed by atoms with E-state index in [4.69, 9.17) is 5.11 Å². The molecule has 5 nitrogen and oxygen atoms in total. The van der Waals surface area contributed by atoms with Gasteiger partial charge in [-0.05, 0) is 30.3 Å². The van der Waals surface area contributed by atoms with Crippen molar-refractivity contribution >= 4 is 23.0 Å².